The van der Waals surface area contributed by atoms with E-state index in [1.165, 1.54) is 69.6 Å². The van der Waals surface area contributed by atoms with Crippen molar-refractivity contribution in [3.8, 4) is 11.3 Å². The molecule has 2 aliphatic rings. The van der Waals surface area contributed by atoms with Crippen molar-refractivity contribution in [1.29, 1.82) is 0 Å². The van der Waals surface area contributed by atoms with Crippen LogP contribution in [0.3, 0.4) is 0 Å². The van der Waals surface area contributed by atoms with Crippen molar-refractivity contribution in [2.45, 2.75) is 94.2 Å². The number of anilines is 2. The largest absolute Gasteiger partial charge is 0.305 e. The van der Waals surface area contributed by atoms with E-state index in [1.807, 2.05) is 42.5 Å². The summed E-state index contributed by atoms with van der Waals surface area (Å²) in [5, 5.41) is 0. The molecule has 48 heavy (non-hydrogen) atoms. The van der Waals surface area contributed by atoms with Gasteiger partial charge in [0.2, 0.25) is 6.67 Å². The summed E-state index contributed by atoms with van der Waals surface area (Å²) in [5.74, 6) is 2.13. The summed E-state index contributed by atoms with van der Waals surface area (Å²) < 4.78 is 6.61. The van der Waals surface area contributed by atoms with Crippen LogP contribution in [0.25, 0.3) is 11.3 Å². The van der Waals surface area contributed by atoms with Crippen molar-refractivity contribution >= 4 is 20.9 Å². The number of rotatable bonds is 7. The van der Waals surface area contributed by atoms with Gasteiger partial charge in [0.05, 0.1) is 17.5 Å². The topological polar surface area (TPSA) is 28.6 Å². The van der Waals surface area contributed by atoms with Crippen molar-refractivity contribution in [2.24, 2.45) is 17.8 Å². The Balaban J connectivity index is 0.000000309. The SMILES string of the molecule is Cc1cc2c(cc1C)N(Cc1c(C)c(C)cc(C)c1C)[C]N2CO[C@H]1C[C@H](C(C)C)CC[C@@H]1C.[Cl][Pd+].[c-]1ccccc1-c1ccccn1. The van der Waals surface area contributed by atoms with Crippen LogP contribution in [0.15, 0.2) is 66.9 Å². The van der Waals surface area contributed by atoms with E-state index in [-0.39, 0.29) is 0 Å². The molecule has 0 saturated heterocycles. The number of aryl methyl sites for hydroxylation is 4. The molecule has 2 heterocycles. The number of nitrogens with zero attached hydrogens (tertiary/aromatic N) is 3. The van der Waals surface area contributed by atoms with Crippen LogP contribution in [-0.4, -0.2) is 17.8 Å². The molecule has 3 atom stereocenters. The molecule has 1 aromatic heterocycles. The van der Waals surface area contributed by atoms with Gasteiger partial charge in [0.15, 0.2) is 0 Å². The Bertz CT molecular complexity index is 1550. The Morgan fingerprint density at radius 2 is 1.52 bits per heavy atom. The molecule has 0 N–H and O–H groups in total. The number of pyridine rings is 1. The van der Waals surface area contributed by atoms with Gasteiger partial charge in [-0.3, -0.25) is 0 Å². The first kappa shape index (κ1) is 38.1. The molecule has 4 nitrogen and oxygen atoms in total. The molecule has 0 unspecified atom stereocenters. The van der Waals surface area contributed by atoms with E-state index >= 15 is 0 Å². The van der Waals surface area contributed by atoms with Crippen molar-refractivity contribution < 1.29 is 22.9 Å². The number of hydrogen-bond donors (Lipinski definition) is 0. The molecule has 4 aromatic rings. The molecule has 1 saturated carbocycles. The third-order valence-electron chi connectivity index (χ3n) is 10.4. The molecule has 0 bridgehead atoms. The number of hydrogen-bond acceptors (Lipinski definition) is 4. The summed E-state index contributed by atoms with van der Waals surface area (Å²) in [6, 6.07) is 23.8. The standard InChI is InChI=1S/C31H44N2O.C11H8N.ClH.Pd/c1-19(2)27-11-10-20(3)31(15-27)34-18-33-17-32(29-13-21(4)22(5)14-30(29)33)16-28-25(8)23(6)12-24(7)26(28)9;1-2-6-10(7-3-1)11-8-4-5-9-12-11;;/h12-14,19-20,27,31H,10-11,15-16,18H2,1-9H3;1-6,8-9H;1H;/q;-1;;+2/p-1/t20-,27+,31-;;;/m0.../s1. The molecule has 0 amide bonds. The van der Waals surface area contributed by atoms with E-state index < -0.39 is 0 Å². The first-order chi connectivity index (χ1) is 23.0. The number of fused-ring (bicyclic) bond motifs is 1. The van der Waals surface area contributed by atoms with E-state index in [4.69, 9.17) is 4.74 Å². The minimum atomic E-state index is 0.330. The molecule has 1 fully saturated rings. The molecule has 6 heteroatoms. The smallest absolute Gasteiger partial charge is 0.0160 e. The van der Waals surface area contributed by atoms with E-state index in [1.54, 1.807) is 6.20 Å². The Morgan fingerprint density at radius 3 is 2.10 bits per heavy atom. The van der Waals surface area contributed by atoms with Crippen molar-refractivity contribution in [3.63, 3.8) is 0 Å². The van der Waals surface area contributed by atoms with Crippen LogP contribution in [0.1, 0.15) is 79.0 Å². The van der Waals surface area contributed by atoms with Gasteiger partial charge in [0.1, 0.15) is 6.73 Å². The second-order valence-electron chi connectivity index (χ2n) is 13.9. The third kappa shape index (κ3) is 9.30. The number of ether oxygens (including phenoxy) is 1. The molecule has 1 aliphatic carbocycles. The fourth-order valence-electron chi connectivity index (χ4n) is 6.78. The van der Waals surface area contributed by atoms with Gasteiger partial charge in [-0.25, -0.2) is 0 Å². The summed E-state index contributed by atoms with van der Waals surface area (Å²) >= 11 is 2.22. The maximum absolute atomic E-state index is 6.61. The normalized spacial score (nSPS) is 18.6. The number of benzene rings is 3. The Kier molecular flexibility index (Phi) is 14.2. The second-order valence-corrected chi connectivity index (χ2v) is 13.9. The van der Waals surface area contributed by atoms with Gasteiger partial charge in [0, 0.05) is 12.7 Å². The summed E-state index contributed by atoms with van der Waals surface area (Å²) in [6.07, 6.45) is 5.90. The zero-order valence-electron chi connectivity index (χ0n) is 30.1. The molecule has 6 rings (SSSR count). The average molecular weight is 757 g/mol. The van der Waals surface area contributed by atoms with Gasteiger partial charge in [0.25, 0.3) is 0 Å². The first-order valence-corrected chi connectivity index (χ1v) is 19.1. The van der Waals surface area contributed by atoms with Crippen LogP contribution >= 0.6 is 9.53 Å². The second kappa shape index (κ2) is 17.8. The zero-order valence-corrected chi connectivity index (χ0v) is 32.5. The van der Waals surface area contributed by atoms with Crippen LogP contribution in [0.5, 0.6) is 0 Å². The quantitative estimate of drug-likeness (QED) is 0.139. The minimum absolute atomic E-state index is 0.330. The molecular weight excluding hydrogens is 704 g/mol. The van der Waals surface area contributed by atoms with Crippen LogP contribution < -0.4 is 9.80 Å². The zero-order chi connectivity index (χ0) is 35.0. The van der Waals surface area contributed by atoms with Gasteiger partial charge in [-0.2, -0.15) is 0 Å². The minimum Gasteiger partial charge on any atom is -0.305 e. The first-order valence-electron chi connectivity index (χ1n) is 17.1. The number of halogens is 1. The average Bonchev–Trinajstić information content (AvgIpc) is 3.42. The van der Waals surface area contributed by atoms with Crippen molar-refractivity contribution in [3.05, 3.63) is 119 Å². The van der Waals surface area contributed by atoms with Crippen molar-refractivity contribution in [1.82, 2.24) is 4.98 Å². The maximum atomic E-state index is 6.61. The predicted molar refractivity (Wildman–Crippen MR) is 199 cm³/mol. The molecule has 1 aliphatic heterocycles. The molecular formula is C42H52ClN3OPd. The maximum Gasteiger partial charge on any atom is 0.0160 e. The van der Waals surface area contributed by atoms with Crippen LogP contribution in [0.4, 0.5) is 11.4 Å². The molecule has 0 spiro atoms. The molecule has 258 valence electrons. The Morgan fingerprint density at radius 1 is 0.875 bits per heavy atom. The Labute approximate surface area is 305 Å². The van der Waals surface area contributed by atoms with Crippen LogP contribution in [-0.2, 0) is 29.5 Å². The summed E-state index contributed by atoms with van der Waals surface area (Å²) in [4.78, 5) is 8.73. The van der Waals surface area contributed by atoms with E-state index in [9.17, 15) is 0 Å². The van der Waals surface area contributed by atoms with Gasteiger partial charge in [-0.05, 0) is 141 Å². The molecule has 3 aromatic carbocycles. The van der Waals surface area contributed by atoms with Crippen LogP contribution in [0.2, 0.25) is 0 Å². The Hall–Kier alpha value is -2.68. The van der Waals surface area contributed by atoms with E-state index in [0.717, 1.165) is 29.6 Å². The van der Waals surface area contributed by atoms with Gasteiger partial charge >= 0.3 is 27.7 Å². The number of aromatic nitrogens is 1. The monoisotopic (exact) mass is 755 g/mol. The fourth-order valence-corrected chi connectivity index (χ4v) is 6.78. The van der Waals surface area contributed by atoms with E-state index in [0.29, 0.717) is 18.8 Å². The summed E-state index contributed by atoms with van der Waals surface area (Å²) in [6.45, 7) is 25.5. The van der Waals surface area contributed by atoms with Gasteiger partial charge in [-0.1, -0.05) is 39.0 Å². The summed E-state index contributed by atoms with van der Waals surface area (Å²) in [7, 11) is 4.49. The van der Waals surface area contributed by atoms with Gasteiger partial charge < -0.3 is 19.5 Å². The molecule has 2 radical (unpaired) electrons. The van der Waals surface area contributed by atoms with Gasteiger partial charge in [-0.15, -0.1) is 35.9 Å². The summed E-state index contributed by atoms with van der Waals surface area (Å²) in [5.41, 5.74) is 14.0. The van der Waals surface area contributed by atoms with E-state index in [2.05, 4.69) is 136 Å². The predicted octanol–water partition coefficient (Wildman–Crippen LogP) is 11.0. The van der Waals surface area contributed by atoms with Crippen LogP contribution in [0, 0.1) is 72.0 Å². The van der Waals surface area contributed by atoms with Crippen molar-refractivity contribution in [2.75, 3.05) is 16.5 Å². The third-order valence-corrected chi connectivity index (χ3v) is 10.4. The fraction of sp³-hybridized carbons (Fsp3) is 0.429.